The molecule has 3 heterocycles. The summed E-state index contributed by atoms with van der Waals surface area (Å²) in [5.41, 5.74) is -1.12. The Morgan fingerprint density at radius 2 is 1.75 bits per heavy atom. The van der Waals surface area contributed by atoms with Gasteiger partial charge < -0.3 is 19.3 Å². The second kappa shape index (κ2) is 14.6. The molecule has 3 aromatic carbocycles. The number of hydrogen-bond acceptors (Lipinski definition) is 9. The van der Waals surface area contributed by atoms with E-state index in [1.807, 2.05) is 0 Å². The molecule has 0 saturated heterocycles. The van der Waals surface area contributed by atoms with Gasteiger partial charge in [-0.25, -0.2) is 22.9 Å². The van der Waals surface area contributed by atoms with Crippen molar-refractivity contribution in [1.82, 2.24) is 29.6 Å². The van der Waals surface area contributed by atoms with Gasteiger partial charge in [-0.2, -0.15) is 9.29 Å². The van der Waals surface area contributed by atoms with E-state index in [1.54, 1.807) is 47.0 Å². The number of amides is 1. The molecule has 2 atom stereocenters. The summed E-state index contributed by atoms with van der Waals surface area (Å²) in [5, 5.41) is 7.87. The minimum Gasteiger partial charge on any atom is -0.593 e. The topological polar surface area (TPSA) is 139 Å². The summed E-state index contributed by atoms with van der Waals surface area (Å²) >= 11 is 5.20. The molecule has 53 heavy (non-hydrogen) atoms. The first-order chi connectivity index (χ1) is 25.0. The predicted molar refractivity (Wildman–Crippen MR) is 196 cm³/mol. The standard InChI is InChI=1S/C36H33ClF3N7O5S/c1-36(2,3)52-35(49)41-25(17-19-15-20(38)18-21(39)16-19)32-43-31-22(11-14-28(42-31)51-27-10-8-7-9-24(27)40)34(48)47(32)26-13-12-23(37)29-30(26)45(4)44-33(29)46(5)53(6)50/h7-16,18,25H,17H2,1-6H3,(H,41,49). The fourth-order valence-corrected chi connectivity index (χ4v) is 6.32. The Hall–Kier alpha value is -5.32. The number of hydrogen-bond donors (Lipinski definition) is 1. The van der Waals surface area contributed by atoms with Crippen LogP contribution < -0.4 is 19.9 Å². The molecule has 2 unspecified atom stereocenters. The van der Waals surface area contributed by atoms with E-state index in [4.69, 9.17) is 26.1 Å². The number of ether oxygens (including phenoxy) is 2. The summed E-state index contributed by atoms with van der Waals surface area (Å²) in [7, 11) is 3.18. The van der Waals surface area contributed by atoms with E-state index in [2.05, 4.69) is 15.4 Å². The van der Waals surface area contributed by atoms with Crippen LogP contribution in [-0.4, -0.2) is 53.9 Å². The summed E-state index contributed by atoms with van der Waals surface area (Å²) in [6, 6.07) is 13.1. The van der Waals surface area contributed by atoms with Crippen LogP contribution in [0.3, 0.4) is 0 Å². The highest BCUT2D eigenvalue weighted by Crippen LogP contribution is 2.37. The number of aryl methyl sites for hydroxylation is 1. The smallest absolute Gasteiger partial charge is 0.408 e. The second-order valence-corrected chi connectivity index (χ2v) is 14.8. The number of alkyl carbamates (subject to hydrolysis) is 1. The first-order valence-electron chi connectivity index (χ1n) is 16.0. The molecular formula is C36H33ClF3N7O5S. The summed E-state index contributed by atoms with van der Waals surface area (Å²) in [5.74, 6) is -2.48. The lowest BCUT2D eigenvalue weighted by molar-refractivity contribution is 0.0500. The number of para-hydroxylation sites is 1. The SMILES string of the molecule is CN(c1nn(C)c2c(-n3c(C(Cc4cc(F)cc(F)c4)NC(=O)OC(C)(C)C)nc4nc(Oc5ccccc5F)ccc4c3=O)ccc(Cl)c12)[S+](C)[O-]. The molecule has 6 aromatic rings. The van der Waals surface area contributed by atoms with Gasteiger partial charge in [0.25, 0.3) is 5.56 Å². The maximum Gasteiger partial charge on any atom is 0.408 e. The molecule has 0 bridgehead atoms. The number of fused-ring (bicyclic) bond motifs is 2. The van der Waals surface area contributed by atoms with Crippen LogP contribution in [0.15, 0.2) is 71.5 Å². The van der Waals surface area contributed by atoms with Crippen molar-refractivity contribution in [2.45, 2.75) is 38.8 Å². The Morgan fingerprint density at radius 3 is 2.42 bits per heavy atom. The Balaban J connectivity index is 1.65. The van der Waals surface area contributed by atoms with Crippen molar-refractivity contribution >= 4 is 56.8 Å². The lowest BCUT2D eigenvalue weighted by atomic mass is 10.0. The third kappa shape index (κ3) is 7.89. The van der Waals surface area contributed by atoms with Crippen molar-refractivity contribution in [3.05, 3.63) is 111 Å². The molecule has 6 rings (SSSR count). The van der Waals surface area contributed by atoms with E-state index in [-0.39, 0.29) is 57.0 Å². The second-order valence-electron chi connectivity index (χ2n) is 13.0. The number of carbonyl (C=O) groups is 1. The molecule has 0 fully saturated rings. The molecule has 0 aliphatic heterocycles. The summed E-state index contributed by atoms with van der Waals surface area (Å²) in [6.07, 6.45) is 0.274. The number of carbonyl (C=O) groups excluding carboxylic acids is 1. The fourth-order valence-electron chi connectivity index (χ4n) is 5.71. The molecule has 0 aliphatic rings. The number of halogens is 4. The summed E-state index contributed by atoms with van der Waals surface area (Å²) < 4.78 is 71.3. The molecule has 0 saturated carbocycles. The van der Waals surface area contributed by atoms with Crippen LogP contribution in [-0.2, 0) is 29.6 Å². The van der Waals surface area contributed by atoms with Gasteiger partial charge in [0.1, 0.15) is 29.3 Å². The van der Waals surface area contributed by atoms with Crippen molar-refractivity contribution in [3.8, 4) is 17.3 Å². The lowest BCUT2D eigenvalue weighted by Crippen LogP contribution is -2.39. The third-order valence-corrected chi connectivity index (χ3v) is 9.23. The van der Waals surface area contributed by atoms with E-state index < -0.39 is 52.1 Å². The Labute approximate surface area is 309 Å². The van der Waals surface area contributed by atoms with Gasteiger partial charge in [-0.15, -0.1) is 5.10 Å². The first-order valence-corrected chi connectivity index (χ1v) is 17.9. The van der Waals surface area contributed by atoms with E-state index in [0.29, 0.717) is 17.0 Å². The van der Waals surface area contributed by atoms with E-state index in [0.717, 1.165) is 12.1 Å². The van der Waals surface area contributed by atoms with Gasteiger partial charge in [-0.1, -0.05) is 23.7 Å². The Morgan fingerprint density at radius 1 is 1.06 bits per heavy atom. The molecule has 3 aromatic heterocycles. The van der Waals surface area contributed by atoms with Crippen molar-refractivity contribution in [1.29, 1.82) is 0 Å². The van der Waals surface area contributed by atoms with Gasteiger partial charge in [0.05, 0.1) is 51.5 Å². The molecule has 17 heteroatoms. The number of nitrogens with zero attached hydrogens (tertiary/aromatic N) is 6. The van der Waals surface area contributed by atoms with Crippen LogP contribution >= 0.6 is 11.6 Å². The number of rotatable bonds is 9. The van der Waals surface area contributed by atoms with Crippen molar-refractivity contribution < 1.29 is 32.0 Å². The van der Waals surface area contributed by atoms with Crippen molar-refractivity contribution in [3.63, 3.8) is 0 Å². The minimum atomic E-state index is -1.51. The third-order valence-electron chi connectivity index (χ3n) is 7.97. The minimum absolute atomic E-state index is 0.000256. The summed E-state index contributed by atoms with van der Waals surface area (Å²) in [6.45, 7) is 4.96. The highest BCUT2D eigenvalue weighted by molar-refractivity contribution is 7.92. The molecule has 12 nitrogen and oxygen atoms in total. The van der Waals surface area contributed by atoms with Crippen LogP contribution in [0.2, 0.25) is 5.02 Å². The molecule has 0 spiro atoms. The van der Waals surface area contributed by atoms with Crippen LogP contribution in [0.5, 0.6) is 11.6 Å². The highest BCUT2D eigenvalue weighted by Gasteiger charge is 2.30. The van der Waals surface area contributed by atoms with Gasteiger partial charge in [0.2, 0.25) is 11.7 Å². The number of anilines is 1. The molecule has 1 amide bonds. The Bertz CT molecular complexity index is 2420. The zero-order valence-electron chi connectivity index (χ0n) is 29.3. The molecular weight excluding hydrogens is 735 g/mol. The molecule has 1 N–H and O–H groups in total. The van der Waals surface area contributed by atoms with Crippen LogP contribution in [0, 0.1) is 17.5 Å². The zero-order valence-corrected chi connectivity index (χ0v) is 30.9. The van der Waals surface area contributed by atoms with Crippen molar-refractivity contribution in [2.75, 3.05) is 17.6 Å². The van der Waals surface area contributed by atoms with E-state index in [1.165, 1.54) is 56.2 Å². The largest absolute Gasteiger partial charge is 0.593 e. The van der Waals surface area contributed by atoms with E-state index >= 15 is 0 Å². The van der Waals surface area contributed by atoms with Crippen molar-refractivity contribution in [2.24, 2.45) is 7.05 Å². The number of aromatic nitrogens is 5. The van der Waals surface area contributed by atoms with Gasteiger partial charge >= 0.3 is 6.09 Å². The zero-order chi connectivity index (χ0) is 38.4. The van der Waals surface area contributed by atoms with Crippen LogP contribution in [0.1, 0.15) is 38.2 Å². The van der Waals surface area contributed by atoms with E-state index in [9.17, 15) is 27.3 Å². The van der Waals surface area contributed by atoms with Crippen LogP contribution in [0.25, 0.3) is 27.6 Å². The maximum absolute atomic E-state index is 14.7. The van der Waals surface area contributed by atoms with Gasteiger partial charge in [0, 0.05) is 25.6 Å². The highest BCUT2D eigenvalue weighted by atomic mass is 35.5. The fraction of sp³-hybridized carbons (Fsp3) is 0.250. The number of nitrogens with one attached hydrogen (secondary N) is 1. The Kier molecular flexibility index (Phi) is 10.3. The molecule has 0 aliphatic carbocycles. The number of pyridine rings is 1. The van der Waals surface area contributed by atoms with Gasteiger partial charge in [-0.3, -0.25) is 14.0 Å². The van der Waals surface area contributed by atoms with Crippen LogP contribution in [0.4, 0.5) is 23.8 Å². The predicted octanol–water partition coefficient (Wildman–Crippen LogP) is 7.07. The molecule has 0 radical (unpaired) electrons. The molecule has 276 valence electrons. The lowest BCUT2D eigenvalue weighted by Gasteiger charge is -2.26. The maximum atomic E-state index is 14.7. The summed E-state index contributed by atoms with van der Waals surface area (Å²) in [4.78, 5) is 37.3. The van der Waals surface area contributed by atoms with Gasteiger partial charge in [-0.05, 0) is 68.8 Å². The van der Waals surface area contributed by atoms with Gasteiger partial charge in [0.15, 0.2) is 17.2 Å². The normalized spacial score (nSPS) is 12.9. The average molecular weight is 768 g/mol. The quantitative estimate of drug-likeness (QED) is 0.153. The number of benzene rings is 3. The average Bonchev–Trinajstić information content (AvgIpc) is 3.42. The first kappa shape index (κ1) is 37.4. The monoisotopic (exact) mass is 767 g/mol.